The zero-order chi connectivity index (χ0) is 15.2. The zero-order valence-corrected chi connectivity index (χ0v) is 13.0. The van der Waals surface area contributed by atoms with Crippen molar-refractivity contribution in [3.8, 4) is 5.75 Å². The molecule has 0 bridgehead atoms. The lowest BCUT2D eigenvalue weighted by Crippen LogP contribution is -2.43. The Balaban J connectivity index is 2.29. The summed E-state index contributed by atoms with van der Waals surface area (Å²) in [5.74, 6) is -0.249. The smallest absolute Gasteiger partial charge is 0.260 e. The monoisotopic (exact) mass is 313 g/mol. The van der Waals surface area contributed by atoms with E-state index in [0.29, 0.717) is 12.4 Å². The van der Waals surface area contributed by atoms with Gasteiger partial charge in [-0.25, -0.2) is 4.39 Å². The van der Waals surface area contributed by atoms with E-state index in [1.165, 1.54) is 25.7 Å². The molecule has 5 heteroatoms. The molecular weight excluding hydrogens is 293 g/mol. The van der Waals surface area contributed by atoms with Crippen LogP contribution in [-0.2, 0) is 0 Å². The fraction of sp³-hybridized carbons (Fsp3) is 0.562. The molecular formula is C16H21ClFNO2. The van der Waals surface area contributed by atoms with E-state index in [2.05, 4.69) is 0 Å². The summed E-state index contributed by atoms with van der Waals surface area (Å²) in [4.78, 5) is 14.5. The van der Waals surface area contributed by atoms with Crippen LogP contribution < -0.4 is 4.74 Å². The first-order valence-electron chi connectivity index (χ1n) is 7.38. The molecule has 0 saturated heterocycles. The van der Waals surface area contributed by atoms with Crippen molar-refractivity contribution in [2.24, 2.45) is 0 Å². The van der Waals surface area contributed by atoms with Crippen LogP contribution in [-0.4, -0.2) is 36.4 Å². The largest absolute Gasteiger partial charge is 0.496 e. The van der Waals surface area contributed by atoms with Gasteiger partial charge >= 0.3 is 0 Å². The van der Waals surface area contributed by atoms with Crippen molar-refractivity contribution in [2.45, 2.75) is 38.1 Å². The molecule has 21 heavy (non-hydrogen) atoms. The van der Waals surface area contributed by atoms with E-state index in [4.69, 9.17) is 16.3 Å². The molecule has 0 aromatic heterocycles. The summed E-state index contributed by atoms with van der Waals surface area (Å²) in [6, 6.07) is 4.58. The third-order valence-corrected chi connectivity index (χ3v) is 4.18. The highest BCUT2D eigenvalue weighted by molar-refractivity contribution is 6.18. The molecule has 0 N–H and O–H groups in total. The van der Waals surface area contributed by atoms with Crippen molar-refractivity contribution in [3.05, 3.63) is 29.6 Å². The van der Waals surface area contributed by atoms with Gasteiger partial charge in [-0.15, -0.1) is 11.6 Å². The Bertz CT molecular complexity index is 489. The number of benzene rings is 1. The fourth-order valence-electron chi connectivity index (χ4n) is 2.96. The lowest BCUT2D eigenvalue weighted by atomic mass is 9.93. The number of methoxy groups -OCH3 is 1. The molecule has 3 nitrogen and oxygen atoms in total. The third-order valence-electron chi connectivity index (χ3n) is 4.01. The number of amides is 1. The highest BCUT2D eigenvalue weighted by Crippen LogP contribution is 2.28. The van der Waals surface area contributed by atoms with Crippen LogP contribution in [0, 0.1) is 5.82 Å². The average molecular weight is 314 g/mol. The number of ether oxygens (including phenoxy) is 1. The second-order valence-corrected chi connectivity index (χ2v) is 5.67. The Morgan fingerprint density at radius 3 is 2.71 bits per heavy atom. The molecule has 0 aliphatic heterocycles. The Kier molecular flexibility index (Phi) is 5.85. The lowest BCUT2D eigenvalue weighted by molar-refractivity contribution is 0.0641. The number of carbonyl (C=O) groups excluding carboxylic acids is 1. The average Bonchev–Trinajstić information content (AvgIpc) is 2.52. The minimum absolute atomic E-state index is 0.00990. The van der Waals surface area contributed by atoms with Crippen LogP contribution in [0.25, 0.3) is 0 Å². The van der Waals surface area contributed by atoms with Gasteiger partial charge in [-0.05, 0) is 25.0 Å². The maximum absolute atomic E-state index is 14.1. The highest BCUT2D eigenvalue weighted by atomic mass is 35.5. The van der Waals surface area contributed by atoms with Crippen molar-refractivity contribution < 1.29 is 13.9 Å². The van der Waals surface area contributed by atoms with Crippen molar-refractivity contribution in [3.63, 3.8) is 0 Å². The number of rotatable bonds is 5. The molecule has 0 radical (unpaired) electrons. The molecule has 1 amide bonds. The van der Waals surface area contributed by atoms with Crippen molar-refractivity contribution in [1.82, 2.24) is 4.90 Å². The van der Waals surface area contributed by atoms with Gasteiger partial charge in [-0.2, -0.15) is 0 Å². The van der Waals surface area contributed by atoms with Gasteiger partial charge in [-0.3, -0.25) is 4.79 Å². The first-order chi connectivity index (χ1) is 10.2. The molecule has 1 aliphatic rings. The van der Waals surface area contributed by atoms with Crippen LogP contribution in [0.15, 0.2) is 18.2 Å². The second kappa shape index (κ2) is 7.64. The predicted octanol–water partition coefficient (Wildman–Crippen LogP) is 3.85. The van der Waals surface area contributed by atoms with Gasteiger partial charge in [0.1, 0.15) is 17.1 Å². The molecule has 0 atom stereocenters. The van der Waals surface area contributed by atoms with Crippen molar-refractivity contribution >= 4 is 17.5 Å². The summed E-state index contributed by atoms with van der Waals surface area (Å²) in [6.45, 7) is 0.433. The van der Waals surface area contributed by atoms with Crippen LogP contribution in [0.2, 0.25) is 0 Å². The van der Waals surface area contributed by atoms with Crippen molar-refractivity contribution in [1.29, 1.82) is 0 Å². The quantitative estimate of drug-likeness (QED) is 0.773. The normalized spacial score (nSPS) is 15.8. The van der Waals surface area contributed by atoms with Crippen LogP contribution in [0.5, 0.6) is 5.75 Å². The first-order valence-corrected chi connectivity index (χ1v) is 7.92. The molecule has 1 aromatic rings. The van der Waals surface area contributed by atoms with Gasteiger partial charge in [0, 0.05) is 18.5 Å². The second-order valence-electron chi connectivity index (χ2n) is 5.30. The van der Waals surface area contributed by atoms with Gasteiger partial charge in [0.25, 0.3) is 5.91 Å². The number of carbonyl (C=O) groups is 1. The number of hydrogen-bond donors (Lipinski definition) is 0. The predicted molar refractivity (Wildman–Crippen MR) is 81.6 cm³/mol. The molecule has 1 saturated carbocycles. The molecule has 1 aliphatic carbocycles. The SMILES string of the molecule is COc1cccc(F)c1C(=O)N(CCCl)C1CCCCC1. The molecule has 0 heterocycles. The molecule has 0 spiro atoms. The Labute approximate surface area is 130 Å². The number of nitrogens with zero attached hydrogens (tertiary/aromatic N) is 1. The standard InChI is InChI=1S/C16H21ClFNO2/c1-21-14-9-5-8-13(18)15(14)16(20)19(11-10-17)12-6-3-2-4-7-12/h5,8-9,12H,2-4,6-7,10-11H2,1H3. The molecule has 1 aromatic carbocycles. The van der Waals surface area contributed by atoms with E-state index >= 15 is 0 Å². The highest BCUT2D eigenvalue weighted by Gasteiger charge is 2.29. The van der Waals surface area contributed by atoms with Gasteiger partial charge in [0.05, 0.1) is 7.11 Å². The minimum Gasteiger partial charge on any atom is -0.496 e. The van der Waals surface area contributed by atoms with Crippen molar-refractivity contribution in [2.75, 3.05) is 19.5 Å². The van der Waals surface area contributed by atoms with Crippen LogP contribution >= 0.6 is 11.6 Å². The molecule has 116 valence electrons. The van der Waals surface area contributed by atoms with E-state index in [0.717, 1.165) is 25.7 Å². The van der Waals surface area contributed by atoms with E-state index in [1.54, 1.807) is 11.0 Å². The van der Waals surface area contributed by atoms with Gasteiger partial charge in [0.15, 0.2) is 0 Å². The van der Waals surface area contributed by atoms with Gasteiger partial charge in [0.2, 0.25) is 0 Å². The lowest BCUT2D eigenvalue weighted by Gasteiger charge is -2.34. The number of halogens is 2. The van der Waals surface area contributed by atoms with Gasteiger partial charge < -0.3 is 9.64 Å². The van der Waals surface area contributed by atoms with Crippen LogP contribution in [0.1, 0.15) is 42.5 Å². The summed E-state index contributed by atoms with van der Waals surface area (Å²) >= 11 is 5.84. The minimum atomic E-state index is -0.547. The zero-order valence-electron chi connectivity index (χ0n) is 12.3. The number of hydrogen-bond acceptors (Lipinski definition) is 2. The molecule has 0 unspecified atom stereocenters. The maximum Gasteiger partial charge on any atom is 0.260 e. The third kappa shape index (κ3) is 3.67. The Morgan fingerprint density at radius 1 is 1.38 bits per heavy atom. The maximum atomic E-state index is 14.1. The van der Waals surface area contributed by atoms with Crippen LogP contribution in [0.3, 0.4) is 0 Å². The Morgan fingerprint density at radius 2 is 2.10 bits per heavy atom. The first kappa shape index (κ1) is 16.1. The summed E-state index contributed by atoms with van der Waals surface area (Å²) in [5, 5.41) is 0. The van der Waals surface area contributed by atoms with E-state index < -0.39 is 5.82 Å². The topological polar surface area (TPSA) is 29.5 Å². The summed E-state index contributed by atoms with van der Waals surface area (Å²) < 4.78 is 19.2. The van der Waals surface area contributed by atoms with Crippen LogP contribution in [0.4, 0.5) is 4.39 Å². The Hall–Kier alpha value is -1.29. The van der Waals surface area contributed by atoms with E-state index in [1.807, 2.05) is 0 Å². The summed E-state index contributed by atoms with van der Waals surface area (Å²) in [5.41, 5.74) is 0.00990. The van der Waals surface area contributed by atoms with Gasteiger partial charge in [-0.1, -0.05) is 25.3 Å². The summed E-state index contributed by atoms with van der Waals surface area (Å²) in [7, 11) is 1.44. The number of alkyl halides is 1. The summed E-state index contributed by atoms with van der Waals surface area (Å²) in [6.07, 6.45) is 5.32. The van der Waals surface area contributed by atoms with E-state index in [-0.39, 0.29) is 23.3 Å². The molecule has 1 fully saturated rings. The van der Waals surface area contributed by atoms with E-state index in [9.17, 15) is 9.18 Å². The fourth-order valence-corrected chi connectivity index (χ4v) is 3.14. The molecule has 2 rings (SSSR count).